The molecule has 9 heteroatoms. The molecule has 3 aromatic rings. The van der Waals surface area contributed by atoms with E-state index in [9.17, 15) is 9.59 Å². The number of aryl methyl sites for hydroxylation is 2. The van der Waals surface area contributed by atoms with Crippen LogP contribution in [0.25, 0.3) is 10.2 Å². The van der Waals surface area contributed by atoms with Gasteiger partial charge in [0.1, 0.15) is 18.0 Å². The number of allylic oxidation sites excluding steroid dienone is 1. The van der Waals surface area contributed by atoms with E-state index in [2.05, 4.69) is 11.9 Å². The number of amides is 1. The predicted octanol–water partition coefficient (Wildman–Crippen LogP) is 4.80. The van der Waals surface area contributed by atoms with Crippen LogP contribution in [0.4, 0.5) is 5.69 Å². The van der Waals surface area contributed by atoms with Gasteiger partial charge in [0.2, 0.25) is 5.91 Å². The van der Waals surface area contributed by atoms with E-state index in [4.69, 9.17) is 14.5 Å². The first-order chi connectivity index (χ1) is 16.5. The Labute approximate surface area is 206 Å². The average molecular weight is 498 g/mol. The monoisotopic (exact) mass is 497 g/mol. The number of hydrogen-bond acceptors (Lipinski definition) is 7. The molecule has 5 rings (SSSR count). The summed E-state index contributed by atoms with van der Waals surface area (Å²) in [5.74, 6) is 1.11. The first-order valence-corrected chi connectivity index (χ1v) is 13.3. The molecule has 1 atom stereocenters. The Morgan fingerprint density at radius 2 is 2.06 bits per heavy atom. The lowest BCUT2D eigenvalue weighted by Gasteiger charge is -2.19. The fraction of sp³-hybridized carbons (Fsp3) is 0.400. The zero-order valence-electron chi connectivity index (χ0n) is 19.1. The number of carbonyl (C=O) groups excluding carboxylic acids is 1. The molecule has 1 amide bonds. The van der Waals surface area contributed by atoms with Gasteiger partial charge in [-0.2, -0.15) is 0 Å². The van der Waals surface area contributed by atoms with Crippen molar-refractivity contribution < 1.29 is 14.3 Å². The smallest absolute Gasteiger partial charge is 0.263 e. The van der Waals surface area contributed by atoms with Gasteiger partial charge < -0.3 is 14.8 Å². The van der Waals surface area contributed by atoms with E-state index in [-0.39, 0.29) is 11.5 Å². The summed E-state index contributed by atoms with van der Waals surface area (Å²) in [5.41, 5.74) is 1.77. The molecule has 2 aromatic heterocycles. The van der Waals surface area contributed by atoms with Crippen molar-refractivity contribution in [1.29, 1.82) is 0 Å². The molecule has 0 spiro atoms. The minimum atomic E-state index is -0.466. The van der Waals surface area contributed by atoms with E-state index < -0.39 is 5.25 Å². The number of fused-ring (bicyclic) bond motifs is 4. The standard InChI is InChI=1S/C25H27N3O4S2/c1-3-11-28-24(30)21-17-7-5-4-6-8-20(17)34-23(21)27-25(28)33-15(2)22(29)26-16-9-10-18-19(14-16)32-13-12-31-18/h3,9-10,14-15H,1,4-8,11-13H2,2H3,(H,26,29)/t15-/m1/s1. The number of rotatable bonds is 6. The zero-order valence-corrected chi connectivity index (χ0v) is 20.7. The second-order valence-corrected chi connectivity index (χ2v) is 10.8. The van der Waals surface area contributed by atoms with Gasteiger partial charge in [0.25, 0.3) is 5.56 Å². The molecule has 0 bridgehead atoms. The Morgan fingerprint density at radius 3 is 2.88 bits per heavy atom. The van der Waals surface area contributed by atoms with Crippen LogP contribution in [-0.2, 0) is 24.2 Å². The number of thiophene rings is 1. The van der Waals surface area contributed by atoms with E-state index >= 15 is 0 Å². The summed E-state index contributed by atoms with van der Waals surface area (Å²) in [6.07, 6.45) is 7.09. The van der Waals surface area contributed by atoms with Crippen LogP contribution in [0.5, 0.6) is 11.5 Å². The Hall–Kier alpha value is -2.78. The van der Waals surface area contributed by atoms with Crippen molar-refractivity contribution in [3.63, 3.8) is 0 Å². The molecule has 1 N–H and O–H groups in total. The van der Waals surface area contributed by atoms with Crippen LogP contribution in [0.15, 0.2) is 40.8 Å². The second-order valence-electron chi connectivity index (χ2n) is 8.45. The minimum Gasteiger partial charge on any atom is -0.486 e. The molecule has 3 heterocycles. The quantitative estimate of drug-likeness (QED) is 0.228. The Bertz CT molecular complexity index is 1310. The lowest BCUT2D eigenvalue weighted by atomic mass is 10.1. The van der Waals surface area contributed by atoms with Gasteiger partial charge in [0.15, 0.2) is 16.7 Å². The summed E-state index contributed by atoms with van der Waals surface area (Å²) in [6, 6.07) is 5.35. The van der Waals surface area contributed by atoms with Crippen molar-refractivity contribution in [2.24, 2.45) is 0 Å². The van der Waals surface area contributed by atoms with E-state index in [1.165, 1.54) is 28.6 Å². The Morgan fingerprint density at radius 1 is 1.26 bits per heavy atom. The molecular weight excluding hydrogens is 470 g/mol. The summed E-state index contributed by atoms with van der Waals surface area (Å²) >= 11 is 2.92. The molecule has 1 aromatic carbocycles. The van der Waals surface area contributed by atoms with Crippen LogP contribution in [0.1, 0.15) is 36.6 Å². The van der Waals surface area contributed by atoms with Crippen LogP contribution in [0.3, 0.4) is 0 Å². The van der Waals surface area contributed by atoms with E-state index in [1.54, 1.807) is 40.2 Å². The average Bonchev–Trinajstić information content (AvgIpc) is 3.02. The highest BCUT2D eigenvalue weighted by Crippen LogP contribution is 2.35. The Balaban J connectivity index is 1.41. The second kappa shape index (κ2) is 9.84. The third-order valence-electron chi connectivity index (χ3n) is 6.06. The minimum absolute atomic E-state index is 0.0359. The van der Waals surface area contributed by atoms with Crippen molar-refractivity contribution in [2.45, 2.75) is 56.0 Å². The highest BCUT2D eigenvalue weighted by molar-refractivity contribution is 8.00. The molecule has 2 aliphatic rings. The molecule has 0 saturated heterocycles. The molecule has 0 saturated carbocycles. The summed E-state index contributed by atoms with van der Waals surface area (Å²) < 4.78 is 12.8. The van der Waals surface area contributed by atoms with Gasteiger partial charge in [-0.15, -0.1) is 17.9 Å². The van der Waals surface area contributed by atoms with E-state index in [0.29, 0.717) is 42.1 Å². The molecule has 0 fully saturated rings. The third kappa shape index (κ3) is 4.46. The topological polar surface area (TPSA) is 82.5 Å². The number of aromatic nitrogens is 2. The number of anilines is 1. The first kappa shape index (κ1) is 23.0. The molecule has 1 aliphatic heterocycles. The van der Waals surface area contributed by atoms with Crippen molar-refractivity contribution in [3.05, 3.63) is 51.6 Å². The van der Waals surface area contributed by atoms with Gasteiger partial charge >= 0.3 is 0 Å². The molecule has 0 radical (unpaired) electrons. The maximum absolute atomic E-state index is 13.5. The van der Waals surface area contributed by atoms with Crippen LogP contribution in [0.2, 0.25) is 0 Å². The van der Waals surface area contributed by atoms with Crippen molar-refractivity contribution >= 4 is 44.9 Å². The van der Waals surface area contributed by atoms with Gasteiger partial charge in [0, 0.05) is 23.2 Å². The normalized spacial score (nSPS) is 15.9. The lowest BCUT2D eigenvalue weighted by molar-refractivity contribution is -0.115. The number of ether oxygens (including phenoxy) is 2. The number of carbonyl (C=O) groups is 1. The number of nitrogens with one attached hydrogen (secondary N) is 1. The molecule has 1 aliphatic carbocycles. The van der Waals surface area contributed by atoms with E-state index in [0.717, 1.165) is 35.9 Å². The fourth-order valence-corrected chi connectivity index (χ4v) is 6.57. The summed E-state index contributed by atoms with van der Waals surface area (Å²) in [4.78, 5) is 33.4. The van der Waals surface area contributed by atoms with Crippen LogP contribution in [0, 0.1) is 0 Å². The summed E-state index contributed by atoms with van der Waals surface area (Å²) in [7, 11) is 0. The Kier molecular flexibility index (Phi) is 6.65. The van der Waals surface area contributed by atoms with Gasteiger partial charge in [-0.1, -0.05) is 24.3 Å². The van der Waals surface area contributed by atoms with Crippen LogP contribution < -0.4 is 20.3 Å². The highest BCUT2D eigenvalue weighted by Gasteiger charge is 2.24. The van der Waals surface area contributed by atoms with Crippen LogP contribution >= 0.6 is 23.1 Å². The first-order valence-electron chi connectivity index (χ1n) is 11.6. The predicted molar refractivity (Wildman–Crippen MR) is 137 cm³/mol. The van der Waals surface area contributed by atoms with Crippen molar-refractivity contribution in [1.82, 2.24) is 9.55 Å². The molecule has 7 nitrogen and oxygen atoms in total. The maximum Gasteiger partial charge on any atom is 0.263 e. The molecule has 178 valence electrons. The number of benzene rings is 1. The number of nitrogens with zero attached hydrogens (tertiary/aromatic N) is 2. The molecule has 0 unspecified atom stereocenters. The molecule has 34 heavy (non-hydrogen) atoms. The lowest BCUT2D eigenvalue weighted by Crippen LogP contribution is -2.27. The van der Waals surface area contributed by atoms with Gasteiger partial charge in [-0.25, -0.2) is 4.98 Å². The fourth-order valence-electron chi connectivity index (χ4n) is 4.35. The number of hydrogen-bond donors (Lipinski definition) is 1. The SMILES string of the molecule is C=CCn1c(S[C@H](C)C(=O)Nc2ccc3c(c2)OCCO3)nc2sc3c(c2c1=O)CCCCC3. The van der Waals surface area contributed by atoms with Gasteiger partial charge in [0.05, 0.1) is 10.6 Å². The van der Waals surface area contributed by atoms with Gasteiger partial charge in [-0.3, -0.25) is 14.2 Å². The van der Waals surface area contributed by atoms with E-state index in [1.807, 2.05) is 6.92 Å². The number of thioether (sulfide) groups is 1. The van der Waals surface area contributed by atoms with Crippen molar-refractivity contribution in [3.8, 4) is 11.5 Å². The largest absolute Gasteiger partial charge is 0.486 e. The molecular formula is C25H27N3O4S2. The summed E-state index contributed by atoms with van der Waals surface area (Å²) in [6.45, 7) is 6.99. The highest BCUT2D eigenvalue weighted by atomic mass is 32.2. The van der Waals surface area contributed by atoms with Gasteiger partial charge in [-0.05, 0) is 50.3 Å². The van der Waals surface area contributed by atoms with Crippen molar-refractivity contribution in [2.75, 3.05) is 18.5 Å². The zero-order chi connectivity index (χ0) is 23.7. The third-order valence-corrected chi connectivity index (χ3v) is 8.34. The maximum atomic E-state index is 13.5. The van der Waals surface area contributed by atoms with Crippen LogP contribution in [-0.4, -0.2) is 33.9 Å². The summed E-state index contributed by atoms with van der Waals surface area (Å²) in [5, 5.41) is 3.76.